The van der Waals surface area contributed by atoms with E-state index in [1.807, 2.05) is 27.7 Å². The first-order chi connectivity index (χ1) is 25.6. The van der Waals surface area contributed by atoms with Crippen molar-refractivity contribution in [2.75, 3.05) is 0 Å². The van der Waals surface area contributed by atoms with Crippen LogP contribution in [0.5, 0.6) is 0 Å². The van der Waals surface area contributed by atoms with Crippen molar-refractivity contribution in [1.82, 2.24) is 9.97 Å². The molecule has 0 aliphatic carbocycles. The minimum absolute atomic E-state index is 0.980. The van der Waals surface area contributed by atoms with E-state index in [-0.39, 0.29) is 0 Å². The molecule has 2 heteroatoms. The SMILES string of the molecule is CC.CC.Cc1ccc2ccc3ccc(-c4cccc(-c5cccc(-c6cccc(-c7ccc8ccc9ccc(C)cc9c8n7)c6)c5)c4)nc3c2c1. The molecule has 0 amide bonds. The molecule has 254 valence electrons. The van der Waals surface area contributed by atoms with Gasteiger partial charge in [0.05, 0.1) is 22.4 Å². The number of nitrogens with zero attached hydrogens (tertiary/aromatic N) is 2. The number of pyridine rings is 2. The van der Waals surface area contributed by atoms with Crippen molar-refractivity contribution in [3.63, 3.8) is 0 Å². The first kappa shape index (κ1) is 34.3. The van der Waals surface area contributed by atoms with E-state index in [0.29, 0.717) is 0 Å². The lowest BCUT2D eigenvalue weighted by atomic mass is 9.96. The normalized spacial score (nSPS) is 10.9. The van der Waals surface area contributed by atoms with Gasteiger partial charge in [-0.15, -0.1) is 0 Å². The summed E-state index contributed by atoms with van der Waals surface area (Å²) in [5.74, 6) is 0. The maximum Gasteiger partial charge on any atom is 0.0787 e. The van der Waals surface area contributed by atoms with Crippen molar-refractivity contribution in [1.29, 1.82) is 0 Å². The van der Waals surface area contributed by atoms with E-state index in [0.717, 1.165) is 44.3 Å². The number of benzene rings is 7. The molecule has 7 aromatic carbocycles. The highest BCUT2D eigenvalue weighted by atomic mass is 14.7. The van der Waals surface area contributed by atoms with Gasteiger partial charge in [0.25, 0.3) is 0 Å². The van der Waals surface area contributed by atoms with Gasteiger partial charge in [0, 0.05) is 32.7 Å². The fourth-order valence-electron chi connectivity index (χ4n) is 6.96. The van der Waals surface area contributed by atoms with Gasteiger partial charge in [0.2, 0.25) is 0 Å². The third-order valence-corrected chi connectivity index (χ3v) is 9.51. The highest BCUT2D eigenvalue weighted by Crippen LogP contribution is 2.34. The average Bonchev–Trinajstić information content (AvgIpc) is 3.22. The van der Waals surface area contributed by atoms with E-state index < -0.39 is 0 Å². The van der Waals surface area contributed by atoms with Crippen molar-refractivity contribution < 1.29 is 0 Å². The van der Waals surface area contributed by atoms with Crippen LogP contribution in [0.25, 0.3) is 88.1 Å². The van der Waals surface area contributed by atoms with Gasteiger partial charge in [0.1, 0.15) is 0 Å². The molecule has 0 unspecified atom stereocenters. The highest BCUT2D eigenvalue weighted by Gasteiger charge is 2.10. The Morgan fingerprint density at radius 1 is 0.308 bits per heavy atom. The predicted molar refractivity (Wildman–Crippen MR) is 226 cm³/mol. The van der Waals surface area contributed by atoms with Gasteiger partial charge < -0.3 is 0 Å². The van der Waals surface area contributed by atoms with Crippen LogP contribution in [0.1, 0.15) is 38.8 Å². The molecule has 0 saturated carbocycles. The summed E-state index contributed by atoms with van der Waals surface area (Å²) in [7, 11) is 0. The van der Waals surface area contributed by atoms with Gasteiger partial charge in [0.15, 0.2) is 0 Å². The Hall–Kier alpha value is -6.12. The Labute approximate surface area is 307 Å². The predicted octanol–water partition coefficient (Wildman–Crippen LogP) is 14.4. The van der Waals surface area contributed by atoms with Gasteiger partial charge in [-0.1, -0.05) is 154 Å². The molecule has 9 aromatic rings. The molecular weight excluding hydrogens is 629 g/mol. The molecule has 2 aromatic heterocycles. The van der Waals surface area contributed by atoms with Crippen LogP contribution in [0.15, 0.2) is 158 Å². The van der Waals surface area contributed by atoms with Crippen molar-refractivity contribution in [2.45, 2.75) is 41.5 Å². The van der Waals surface area contributed by atoms with Crippen LogP contribution in [0.2, 0.25) is 0 Å². The van der Waals surface area contributed by atoms with Crippen LogP contribution >= 0.6 is 0 Å². The zero-order chi connectivity index (χ0) is 36.2. The largest absolute Gasteiger partial charge is 0.247 e. The second-order valence-corrected chi connectivity index (χ2v) is 12.9. The van der Waals surface area contributed by atoms with Gasteiger partial charge in [-0.2, -0.15) is 0 Å². The Bertz CT molecular complexity index is 2520. The van der Waals surface area contributed by atoms with Crippen LogP contribution in [0.4, 0.5) is 0 Å². The standard InChI is InChI=1S/C46H32N2.2C2H6/c1-29-12-14-31-16-18-33-20-22-43(47-45(33)41(31)24-29)39-10-4-8-37(27-39)35-6-3-7-36(26-35)38-9-5-11-40(28-38)44-23-21-34-19-17-32-15-13-30(2)25-42(32)46(34)48-44;2*1-2/h3-28H,1-2H3;2*1-2H3. The number of aryl methyl sites for hydroxylation is 2. The molecule has 0 atom stereocenters. The smallest absolute Gasteiger partial charge is 0.0787 e. The third-order valence-electron chi connectivity index (χ3n) is 9.51. The molecular formula is C50H44N2. The average molecular weight is 673 g/mol. The zero-order valence-corrected chi connectivity index (χ0v) is 30.9. The summed E-state index contributed by atoms with van der Waals surface area (Å²) in [6.07, 6.45) is 0. The lowest BCUT2D eigenvalue weighted by Crippen LogP contribution is -1.89. The Morgan fingerprint density at radius 2 is 0.615 bits per heavy atom. The maximum atomic E-state index is 5.19. The fraction of sp³-hybridized carbons (Fsp3) is 0.120. The summed E-state index contributed by atoms with van der Waals surface area (Å²) in [6, 6.07) is 56.8. The molecule has 2 nitrogen and oxygen atoms in total. The van der Waals surface area contributed by atoms with E-state index in [4.69, 9.17) is 9.97 Å². The molecule has 0 bridgehead atoms. The van der Waals surface area contributed by atoms with Gasteiger partial charge in [-0.3, -0.25) is 0 Å². The molecule has 2 heterocycles. The first-order valence-corrected chi connectivity index (χ1v) is 18.5. The number of fused-ring (bicyclic) bond motifs is 6. The number of aromatic nitrogens is 2. The summed E-state index contributed by atoms with van der Waals surface area (Å²) < 4.78 is 0. The van der Waals surface area contributed by atoms with Crippen LogP contribution in [0, 0.1) is 13.8 Å². The van der Waals surface area contributed by atoms with Crippen molar-refractivity contribution >= 4 is 43.4 Å². The topological polar surface area (TPSA) is 25.8 Å². The molecule has 52 heavy (non-hydrogen) atoms. The minimum Gasteiger partial charge on any atom is -0.247 e. The van der Waals surface area contributed by atoms with Crippen LogP contribution < -0.4 is 0 Å². The van der Waals surface area contributed by atoms with Crippen LogP contribution in [-0.4, -0.2) is 9.97 Å². The van der Waals surface area contributed by atoms with E-state index >= 15 is 0 Å². The Kier molecular flexibility index (Phi) is 9.91. The Morgan fingerprint density at radius 3 is 1.02 bits per heavy atom. The van der Waals surface area contributed by atoms with Gasteiger partial charge >= 0.3 is 0 Å². The van der Waals surface area contributed by atoms with Crippen LogP contribution in [0.3, 0.4) is 0 Å². The van der Waals surface area contributed by atoms with Gasteiger partial charge in [-0.25, -0.2) is 9.97 Å². The van der Waals surface area contributed by atoms with Crippen molar-refractivity contribution in [2.24, 2.45) is 0 Å². The molecule has 0 N–H and O–H groups in total. The quantitative estimate of drug-likeness (QED) is 0.174. The van der Waals surface area contributed by atoms with E-state index in [9.17, 15) is 0 Å². The summed E-state index contributed by atoms with van der Waals surface area (Å²) in [6.45, 7) is 12.3. The summed E-state index contributed by atoms with van der Waals surface area (Å²) in [5, 5.41) is 7.14. The van der Waals surface area contributed by atoms with Crippen LogP contribution in [-0.2, 0) is 0 Å². The lowest BCUT2D eigenvalue weighted by molar-refractivity contribution is 1.40. The number of hydrogen-bond donors (Lipinski definition) is 0. The Balaban J connectivity index is 0.00000102. The molecule has 0 radical (unpaired) electrons. The molecule has 0 spiro atoms. The number of rotatable bonds is 4. The highest BCUT2D eigenvalue weighted by molar-refractivity contribution is 6.07. The maximum absolute atomic E-state index is 5.19. The van der Waals surface area contributed by atoms with Crippen molar-refractivity contribution in [3.8, 4) is 44.8 Å². The molecule has 0 fully saturated rings. The second kappa shape index (κ2) is 15.0. The van der Waals surface area contributed by atoms with Gasteiger partial charge in [-0.05, 0) is 89.3 Å². The monoisotopic (exact) mass is 672 g/mol. The van der Waals surface area contributed by atoms with E-state index in [2.05, 4.69) is 172 Å². The summed E-state index contributed by atoms with van der Waals surface area (Å²) in [5.41, 5.74) is 13.4. The molecule has 0 aliphatic heterocycles. The van der Waals surface area contributed by atoms with Crippen molar-refractivity contribution in [3.05, 3.63) is 169 Å². The zero-order valence-electron chi connectivity index (χ0n) is 30.9. The second-order valence-electron chi connectivity index (χ2n) is 12.9. The first-order valence-electron chi connectivity index (χ1n) is 18.5. The summed E-state index contributed by atoms with van der Waals surface area (Å²) in [4.78, 5) is 10.4. The third kappa shape index (κ3) is 6.68. The molecule has 9 rings (SSSR count). The fourth-order valence-corrected chi connectivity index (χ4v) is 6.96. The summed E-state index contributed by atoms with van der Waals surface area (Å²) >= 11 is 0. The molecule has 0 saturated heterocycles. The number of hydrogen-bond acceptors (Lipinski definition) is 2. The molecule has 0 aliphatic rings. The lowest BCUT2D eigenvalue weighted by Gasteiger charge is -2.11. The van der Waals surface area contributed by atoms with E-state index in [1.165, 1.54) is 54.9 Å². The van der Waals surface area contributed by atoms with E-state index in [1.54, 1.807) is 0 Å². The minimum atomic E-state index is 0.980.